The molecule has 0 aliphatic carbocycles. The molecule has 0 aliphatic rings. The minimum absolute atomic E-state index is 0.0752. The van der Waals surface area contributed by atoms with Gasteiger partial charge in [-0.15, -0.1) is 0 Å². The fourth-order valence-electron chi connectivity index (χ4n) is 3.36. The minimum atomic E-state index is -0.0752. The molecule has 5 nitrogen and oxygen atoms in total. The molecule has 0 bridgehead atoms. The van der Waals surface area contributed by atoms with Gasteiger partial charge in [-0.1, -0.05) is 53.2 Å². The number of rotatable bonds is 4. The average Bonchev–Trinajstić information content (AvgIpc) is 3.15. The highest BCUT2D eigenvalue weighted by Gasteiger charge is 2.14. The number of para-hydroxylation sites is 1. The van der Waals surface area contributed by atoms with Gasteiger partial charge in [0.2, 0.25) is 0 Å². The number of benzene rings is 2. The quantitative estimate of drug-likeness (QED) is 0.286. The summed E-state index contributed by atoms with van der Waals surface area (Å²) in [6.45, 7) is 2.02. The number of aromatic nitrogens is 4. The fraction of sp³-hybridized carbons (Fsp3) is 0.0870. The lowest BCUT2D eigenvalue weighted by atomic mass is 10.2. The van der Waals surface area contributed by atoms with Crippen molar-refractivity contribution >= 4 is 39.9 Å². The Labute approximate surface area is 182 Å². The monoisotopic (exact) mass is 432 g/mol. The Hall–Kier alpha value is -3.09. The number of halogens is 1. The molecule has 0 saturated heterocycles. The summed E-state index contributed by atoms with van der Waals surface area (Å²) in [6.07, 6.45) is 3.78. The molecular formula is C23H17ClN4OS. The lowest BCUT2D eigenvalue weighted by molar-refractivity contribution is 0.819. The number of nitrogens with zero attached hydrogens (tertiary/aromatic N) is 4. The van der Waals surface area contributed by atoms with Crippen molar-refractivity contribution in [2.75, 3.05) is 0 Å². The minimum Gasteiger partial charge on any atom is -0.305 e. The Kier molecular flexibility index (Phi) is 4.81. The molecule has 0 saturated carbocycles. The predicted molar refractivity (Wildman–Crippen MR) is 122 cm³/mol. The molecule has 30 heavy (non-hydrogen) atoms. The van der Waals surface area contributed by atoms with E-state index in [4.69, 9.17) is 16.6 Å². The molecule has 0 radical (unpaired) electrons. The topological polar surface area (TPSA) is 52.2 Å². The molecule has 148 valence electrons. The molecular weight excluding hydrogens is 416 g/mol. The lowest BCUT2D eigenvalue weighted by Crippen LogP contribution is -2.21. The molecule has 5 aromatic rings. The summed E-state index contributed by atoms with van der Waals surface area (Å²) in [5.74, 6) is 0.579. The van der Waals surface area contributed by atoms with Crippen LogP contribution in [0.15, 0.2) is 83.0 Å². The molecule has 0 spiro atoms. The van der Waals surface area contributed by atoms with Crippen molar-refractivity contribution < 1.29 is 0 Å². The Morgan fingerprint density at radius 1 is 0.967 bits per heavy atom. The second-order valence-corrected chi connectivity index (χ2v) is 8.40. The number of hydrogen-bond donors (Lipinski definition) is 0. The Morgan fingerprint density at radius 3 is 2.60 bits per heavy atom. The van der Waals surface area contributed by atoms with Crippen LogP contribution in [0.3, 0.4) is 0 Å². The molecule has 2 aromatic carbocycles. The zero-order valence-electron chi connectivity index (χ0n) is 16.1. The summed E-state index contributed by atoms with van der Waals surface area (Å²) in [5, 5.41) is 1.89. The molecule has 0 unspecified atom stereocenters. The Balaban J connectivity index is 1.58. The summed E-state index contributed by atoms with van der Waals surface area (Å²) in [4.78, 5) is 22.7. The third-order valence-corrected chi connectivity index (χ3v) is 6.05. The number of fused-ring (bicyclic) bond motifs is 2. The van der Waals surface area contributed by atoms with Crippen molar-refractivity contribution in [3.8, 4) is 5.69 Å². The maximum absolute atomic E-state index is 13.3. The van der Waals surface area contributed by atoms with Gasteiger partial charge >= 0.3 is 0 Å². The number of imidazole rings is 1. The maximum atomic E-state index is 13.3. The Morgan fingerprint density at radius 2 is 1.77 bits per heavy atom. The molecule has 0 amide bonds. The number of pyridine rings is 1. The first-order valence-corrected chi connectivity index (χ1v) is 10.8. The standard InChI is InChI=1S/C23H17ClN4OS/c1-15-6-9-18(10-7-15)28-22(29)19-4-2-3-5-20(19)26-23(28)30-14-17-13-27-12-16(24)8-11-21(27)25-17/h2-13H,14H2,1H3. The van der Waals surface area contributed by atoms with E-state index in [-0.39, 0.29) is 5.56 Å². The number of thioether (sulfide) groups is 1. The zero-order valence-corrected chi connectivity index (χ0v) is 17.7. The number of hydrogen-bond acceptors (Lipinski definition) is 4. The van der Waals surface area contributed by atoms with E-state index >= 15 is 0 Å². The van der Waals surface area contributed by atoms with Crippen LogP contribution in [0.4, 0.5) is 0 Å². The average molecular weight is 433 g/mol. The van der Waals surface area contributed by atoms with Crippen LogP contribution >= 0.6 is 23.4 Å². The van der Waals surface area contributed by atoms with Crippen LogP contribution in [-0.2, 0) is 5.75 Å². The van der Waals surface area contributed by atoms with Crippen LogP contribution in [-0.4, -0.2) is 18.9 Å². The summed E-state index contributed by atoms with van der Waals surface area (Å²) in [6, 6.07) is 19.0. The summed E-state index contributed by atoms with van der Waals surface area (Å²) in [7, 11) is 0. The molecule has 3 heterocycles. The molecule has 0 N–H and O–H groups in total. The van der Waals surface area contributed by atoms with Gasteiger partial charge in [0.15, 0.2) is 5.16 Å². The predicted octanol–water partition coefficient (Wildman–Crippen LogP) is 5.29. The highest BCUT2D eigenvalue weighted by Crippen LogP contribution is 2.25. The first-order valence-electron chi connectivity index (χ1n) is 9.43. The van der Waals surface area contributed by atoms with Gasteiger partial charge in [-0.2, -0.15) is 0 Å². The largest absolute Gasteiger partial charge is 0.305 e. The van der Waals surface area contributed by atoms with Crippen molar-refractivity contribution in [2.45, 2.75) is 17.8 Å². The molecule has 7 heteroatoms. The fourth-order valence-corrected chi connectivity index (χ4v) is 4.42. The van der Waals surface area contributed by atoms with Crippen LogP contribution < -0.4 is 5.56 Å². The summed E-state index contributed by atoms with van der Waals surface area (Å²) < 4.78 is 3.58. The van der Waals surface area contributed by atoms with Crippen molar-refractivity contribution in [3.05, 3.63) is 99.7 Å². The highest BCUT2D eigenvalue weighted by atomic mass is 35.5. The summed E-state index contributed by atoms with van der Waals surface area (Å²) >= 11 is 7.56. The van der Waals surface area contributed by atoms with Crippen LogP contribution in [0.1, 0.15) is 11.3 Å². The third kappa shape index (κ3) is 3.49. The van der Waals surface area contributed by atoms with E-state index in [1.54, 1.807) is 4.57 Å². The maximum Gasteiger partial charge on any atom is 0.266 e. The van der Waals surface area contributed by atoms with Crippen molar-refractivity contribution in [1.29, 1.82) is 0 Å². The van der Waals surface area contributed by atoms with Crippen molar-refractivity contribution in [2.24, 2.45) is 0 Å². The van der Waals surface area contributed by atoms with E-state index in [2.05, 4.69) is 4.98 Å². The van der Waals surface area contributed by atoms with Crippen LogP contribution in [0, 0.1) is 6.92 Å². The first-order chi connectivity index (χ1) is 14.6. The van der Waals surface area contributed by atoms with Crippen LogP contribution in [0.25, 0.3) is 22.2 Å². The second-order valence-electron chi connectivity index (χ2n) is 7.02. The van der Waals surface area contributed by atoms with E-state index in [9.17, 15) is 4.79 Å². The first kappa shape index (κ1) is 18.9. The van der Waals surface area contributed by atoms with Gasteiger partial charge in [0, 0.05) is 18.1 Å². The van der Waals surface area contributed by atoms with Crippen LogP contribution in [0.2, 0.25) is 5.02 Å². The van der Waals surface area contributed by atoms with Gasteiger partial charge < -0.3 is 4.40 Å². The van der Waals surface area contributed by atoms with Gasteiger partial charge in [0.1, 0.15) is 5.65 Å². The molecule has 0 atom stereocenters. The third-order valence-electron chi connectivity index (χ3n) is 4.85. The van der Waals surface area contributed by atoms with Gasteiger partial charge in [-0.3, -0.25) is 9.36 Å². The zero-order chi connectivity index (χ0) is 20.7. The SMILES string of the molecule is Cc1ccc(-n2c(SCc3cn4cc(Cl)ccc4n3)nc3ccccc3c2=O)cc1. The van der Waals surface area contributed by atoms with Crippen LogP contribution in [0.5, 0.6) is 0 Å². The van der Waals surface area contributed by atoms with Gasteiger partial charge in [-0.25, -0.2) is 9.97 Å². The van der Waals surface area contributed by atoms with E-state index in [1.165, 1.54) is 11.8 Å². The smallest absolute Gasteiger partial charge is 0.266 e. The van der Waals surface area contributed by atoms with E-state index in [0.29, 0.717) is 26.8 Å². The van der Waals surface area contributed by atoms with Gasteiger partial charge in [0.05, 0.1) is 27.3 Å². The molecule has 0 fully saturated rings. The number of aryl methyl sites for hydroxylation is 1. The van der Waals surface area contributed by atoms with Gasteiger partial charge in [0.25, 0.3) is 5.56 Å². The molecule has 5 rings (SSSR count). The lowest BCUT2D eigenvalue weighted by Gasteiger charge is -2.13. The second kappa shape index (κ2) is 7.63. The Bertz CT molecular complexity index is 1440. The van der Waals surface area contributed by atoms with E-state index in [1.807, 2.05) is 84.4 Å². The normalized spacial score (nSPS) is 11.4. The molecule has 0 aliphatic heterocycles. The van der Waals surface area contributed by atoms with Crippen molar-refractivity contribution in [3.63, 3.8) is 0 Å². The van der Waals surface area contributed by atoms with E-state index < -0.39 is 0 Å². The van der Waals surface area contributed by atoms with Crippen molar-refractivity contribution in [1.82, 2.24) is 18.9 Å². The highest BCUT2D eigenvalue weighted by molar-refractivity contribution is 7.98. The summed E-state index contributed by atoms with van der Waals surface area (Å²) in [5.41, 5.74) is 4.27. The molecule has 3 aromatic heterocycles. The van der Waals surface area contributed by atoms with E-state index in [0.717, 1.165) is 22.6 Å². The van der Waals surface area contributed by atoms with Gasteiger partial charge in [-0.05, 0) is 43.3 Å².